The topological polar surface area (TPSA) is 29.5 Å². The quantitative estimate of drug-likeness (QED) is 0.535. The van der Waals surface area contributed by atoms with Gasteiger partial charge in [0.05, 0.1) is 0 Å². The van der Waals surface area contributed by atoms with E-state index in [4.69, 9.17) is 4.74 Å². The molecular weight excluding hydrogens is 445 g/mol. The molecule has 0 radical (unpaired) electrons. The molecule has 0 atom stereocenters. The fourth-order valence-corrected chi connectivity index (χ4v) is 3.68. The molecule has 0 spiro atoms. The molecule has 0 aliphatic carbocycles. The van der Waals surface area contributed by atoms with Crippen LogP contribution in [0.4, 0.5) is 4.79 Å². The second-order valence-corrected chi connectivity index (χ2v) is 8.49. The molecule has 5 heteroatoms. The van der Waals surface area contributed by atoms with Gasteiger partial charge >= 0.3 is 6.09 Å². The third-order valence-electron chi connectivity index (χ3n) is 3.54. The van der Waals surface area contributed by atoms with E-state index in [-0.39, 0.29) is 6.09 Å². The largest absolute Gasteiger partial charge is 0.444 e. The zero-order chi connectivity index (χ0) is 15.6. The van der Waals surface area contributed by atoms with Gasteiger partial charge in [0.15, 0.2) is 0 Å². The number of hydrogen-bond donors (Lipinski definition) is 0. The minimum absolute atomic E-state index is 0.190. The van der Waals surface area contributed by atoms with Crippen molar-refractivity contribution in [3.05, 3.63) is 31.8 Å². The lowest BCUT2D eigenvalue weighted by Crippen LogP contribution is -2.41. The van der Waals surface area contributed by atoms with Gasteiger partial charge in [0.25, 0.3) is 0 Å². The zero-order valence-corrected chi connectivity index (χ0v) is 16.4. The van der Waals surface area contributed by atoms with Gasteiger partial charge in [-0.15, -0.1) is 0 Å². The van der Waals surface area contributed by atoms with Crippen LogP contribution in [0.15, 0.2) is 22.7 Å². The van der Waals surface area contributed by atoms with E-state index >= 15 is 0 Å². The van der Waals surface area contributed by atoms with E-state index in [1.807, 2.05) is 25.7 Å². The van der Waals surface area contributed by atoms with Crippen LogP contribution in [0.25, 0.3) is 0 Å². The maximum Gasteiger partial charge on any atom is 0.410 e. The Bertz CT molecular complexity index is 519. The second-order valence-electron chi connectivity index (χ2n) is 6.41. The number of ether oxygens (including phenoxy) is 1. The Balaban J connectivity index is 1.97. The van der Waals surface area contributed by atoms with Gasteiger partial charge < -0.3 is 9.64 Å². The van der Waals surface area contributed by atoms with Crippen molar-refractivity contribution in [2.75, 3.05) is 13.1 Å². The van der Waals surface area contributed by atoms with E-state index < -0.39 is 5.60 Å². The molecule has 2 rings (SSSR count). The molecule has 1 saturated heterocycles. The van der Waals surface area contributed by atoms with Gasteiger partial charge in [0.2, 0.25) is 0 Å². The molecule has 0 saturated carbocycles. The fraction of sp³-hybridized carbons (Fsp3) is 0.562. The number of amides is 1. The third-order valence-corrected chi connectivity index (χ3v) is 5.02. The van der Waals surface area contributed by atoms with Crippen molar-refractivity contribution in [3.63, 3.8) is 0 Å². The van der Waals surface area contributed by atoms with Crippen molar-refractivity contribution < 1.29 is 9.53 Å². The molecular formula is C16H21BrINO2. The molecule has 1 aromatic carbocycles. The Morgan fingerprint density at radius 3 is 2.52 bits per heavy atom. The third kappa shape index (κ3) is 4.84. The molecule has 1 aromatic rings. The minimum Gasteiger partial charge on any atom is -0.444 e. The molecule has 0 unspecified atom stereocenters. The van der Waals surface area contributed by atoms with Gasteiger partial charge in [0, 0.05) is 21.1 Å². The molecule has 1 aliphatic heterocycles. The Hall–Kier alpha value is -0.300. The first-order valence-electron chi connectivity index (χ1n) is 7.19. The lowest BCUT2D eigenvalue weighted by molar-refractivity contribution is 0.0204. The van der Waals surface area contributed by atoms with Crippen molar-refractivity contribution in [1.82, 2.24) is 4.90 Å². The summed E-state index contributed by atoms with van der Waals surface area (Å²) in [5, 5.41) is 0. The highest BCUT2D eigenvalue weighted by Gasteiger charge is 2.28. The highest BCUT2D eigenvalue weighted by molar-refractivity contribution is 14.1. The average molecular weight is 466 g/mol. The number of carbonyl (C=O) groups excluding carboxylic acids is 1. The smallest absolute Gasteiger partial charge is 0.410 e. The van der Waals surface area contributed by atoms with Crippen LogP contribution in [0.1, 0.15) is 45.1 Å². The van der Waals surface area contributed by atoms with Gasteiger partial charge in [-0.2, -0.15) is 0 Å². The molecule has 0 bridgehead atoms. The number of benzene rings is 1. The summed E-state index contributed by atoms with van der Waals surface area (Å²) in [4.78, 5) is 13.9. The Morgan fingerprint density at radius 1 is 1.33 bits per heavy atom. The fourth-order valence-electron chi connectivity index (χ4n) is 2.53. The van der Waals surface area contributed by atoms with Crippen LogP contribution in [0.2, 0.25) is 0 Å². The Labute approximate surface area is 148 Å². The summed E-state index contributed by atoms with van der Waals surface area (Å²) in [5.41, 5.74) is 0.960. The van der Waals surface area contributed by atoms with E-state index in [1.54, 1.807) is 0 Å². The second kappa shape index (κ2) is 6.86. The monoisotopic (exact) mass is 465 g/mol. The molecule has 0 aromatic heterocycles. The summed E-state index contributed by atoms with van der Waals surface area (Å²) >= 11 is 5.93. The van der Waals surface area contributed by atoms with E-state index in [2.05, 4.69) is 56.7 Å². The number of rotatable bonds is 1. The van der Waals surface area contributed by atoms with Crippen molar-refractivity contribution in [2.45, 2.75) is 45.1 Å². The number of halogens is 2. The van der Waals surface area contributed by atoms with Crippen LogP contribution < -0.4 is 0 Å². The van der Waals surface area contributed by atoms with Crippen molar-refractivity contribution in [2.24, 2.45) is 0 Å². The zero-order valence-electron chi connectivity index (χ0n) is 12.7. The standard InChI is InChI=1S/C16H21BrINO2/c1-16(2,3)21-15(20)19-8-6-11(7-9-19)13-10-12(17)4-5-14(13)18/h4-5,10-11H,6-9H2,1-3H3. The van der Waals surface area contributed by atoms with E-state index in [0.717, 1.165) is 30.4 Å². The molecule has 1 amide bonds. The van der Waals surface area contributed by atoms with Gasteiger partial charge in [-0.25, -0.2) is 4.79 Å². The maximum atomic E-state index is 12.1. The predicted octanol–water partition coefficient (Wildman–Crippen LogP) is 5.17. The summed E-state index contributed by atoms with van der Waals surface area (Å²) in [6, 6.07) is 6.41. The van der Waals surface area contributed by atoms with Gasteiger partial charge in [-0.3, -0.25) is 0 Å². The van der Waals surface area contributed by atoms with Crippen LogP contribution in [-0.2, 0) is 4.74 Å². The molecule has 1 fully saturated rings. The summed E-state index contributed by atoms with van der Waals surface area (Å²) in [6.45, 7) is 7.24. The van der Waals surface area contributed by atoms with Crippen LogP contribution in [0.5, 0.6) is 0 Å². The lowest BCUT2D eigenvalue weighted by atomic mass is 9.90. The number of likely N-dealkylation sites (tertiary alicyclic amines) is 1. The van der Waals surface area contributed by atoms with Crippen molar-refractivity contribution in [3.8, 4) is 0 Å². The first-order chi connectivity index (χ1) is 9.76. The number of hydrogen-bond acceptors (Lipinski definition) is 2. The van der Waals surface area contributed by atoms with Gasteiger partial charge in [0.1, 0.15) is 5.60 Å². The van der Waals surface area contributed by atoms with Crippen molar-refractivity contribution >= 4 is 44.6 Å². The molecule has 1 aliphatic rings. The lowest BCUT2D eigenvalue weighted by Gasteiger charge is -2.34. The van der Waals surface area contributed by atoms with Crippen molar-refractivity contribution in [1.29, 1.82) is 0 Å². The van der Waals surface area contributed by atoms with E-state index in [9.17, 15) is 4.79 Å². The van der Waals surface area contributed by atoms with E-state index in [0.29, 0.717) is 5.92 Å². The maximum absolute atomic E-state index is 12.1. The minimum atomic E-state index is -0.423. The van der Waals surface area contributed by atoms with Crippen LogP contribution in [-0.4, -0.2) is 29.7 Å². The Kier molecular flexibility index (Phi) is 5.57. The summed E-state index contributed by atoms with van der Waals surface area (Å²) in [7, 11) is 0. The first-order valence-corrected chi connectivity index (χ1v) is 9.06. The van der Waals surface area contributed by atoms with Crippen LogP contribution >= 0.6 is 38.5 Å². The molecule has 116 valence electrons. The predicted molar refractivity (Wildman–Crippen MR) is 96.6 cm³/mol. The number of carbonyl (C=O) groups is 1. The molecule has 1 heterocycles. The molecule has 0 N–H and O–H groups in total. The van der Waals surface area contributed by atoms with Crippen LogP contribution in [0.3, 0.4) is 0 Å². The summed E-state index contributed by atoms with van der Waals surface area (Å²) < 4.78 is 7.85. The number of piperidine rings is 1. The summed E-state index contributed by atoms with van der Waals surface area (Å²) in [6.07, 6.45) is 1.79. The SMILES string of the molecule is CC(C)(C)OC(=O)N1CCC(c2cc(Br)ccc2I)CC1. The normalized spacial score (nSPS) is 16.9. The van der Waals surface area contributed by atoms with E-state index in [1.165, 1.54) is 9.13 Å². The average Bonchev–Trinajstić information content (AvgIpc) is 2.40. The van der Waals surface area contributed by atoms with Gasteiger partial charge in [-0.1, -0.05) is 15.9 Å². The van der Waals surface area contributed by atoms with Gasteiger partial charge in [-0.05, 0) is 85.9 Å². The highest BCUT2D eigenvalue weighted by Crippen LogP contribution is 2.33. The molecule has 3 nitrogen and oxygen atoms in total. The first kappa shape index (κ1) is 17.1. The number of nitrogens with zero attached hydrogens (tertiary/aromatic N) is 1. The summed E-state index contributed by atoms with van der Waals surface area (Å²) in [5.74, 6) is 0.521. The molecule has 21 heavy (non-hydrogen) atoms. The van der Waals surface area contributed by atoms with Crippen LogP contribution in [0, 0.1) is 3.57 Å². The highest BCUT2D eigenvalue weighted by atomic mass is 127. The Morgan fingerprint density at radius 2 is 1.95 bits per heavy atom.